The number of hydrogen-bond donors (Lipinski definition) is 4. The van der Waals surface area contributed by atoms with Crippen molar-refractivity contribution < 1.29 is 4.79 Å². The molecule has 0 bridgehead atoms. The van der Waals surface area contributed by atoms with Crippen LogP contribution in [0, 0.1) is 0 Å². The van der Waals surface area contributed by atoms with Crippen molar-refractivity contribution >= 4 is 11.6 Å². The third-order valence-corrected chi connectivity index (χ3v) is 1.99. The maximum Gasteiger partial charge on any atom is 0.229 e. The van der Waals surface area contributed by atoms with Gasteiger partial charge in [-0.25, -0.2) is 0 Å². The van der Waals surface area contributed by atoms with Crippen molar-refractivity contribution in [3.8, 4) is 0 Å². The van der Waals surface area contributed by atoms with Crippen LogP contribution in [0.15, 0.2) is 48.4 Å². The highest BCUT2D eigenvalue weighted by Gasteiger charge is 2.03. The molecule has 1 aromatic rings. The van der Waals surface area contributed by atoms with Crippen LogP contribution in [0.1, 0.15) is 5.56 Å². The Morgan fingerprint density at radius 2 is 2.18 bits per heavy atom. The van der Waals surface area contributed by atoms with Gasteiger partial charge in [0.1, 0.15) is 5.82 Å². The highest BCUT2D eigenvalue weighted by molar-refractivity contribution is 5.80. The minimum atomic E-state index is -0.199. The summed E-state index contributed by atoms with van der Waals surface area (Å²) in [6.45, 7) is 0. The first-order valence-electron chi connectivity index (χ1n) is 5.10. The fraction of sp³-hybridized carbons (Fsp3) is 0.0833. The first-order chi connectivity index (χ1) is 8.11. The van der Waals surface area contributed by atoms with E-state index in [0.29, 0.717) is 5.69 Å². The Hall–Kier alpha value is -2.43. The van der Waals surface area contributed by atoms with E-state index in [0.717, 1.165) is 5.56 Å². The van der Waals surface area contributed by atoms with Crippen LogP contribution in [0.3, 0.4) is 0 Å². The molecule has 0 heterocycles. The number of nitrogen functional groups attached to an aromatic ring is 1. The average molecular weight is 232 g/mol. The molecule has 0 radical (unpaired) electrons. The number of amides is 1. The second-order valence-electron chi connectivity index (χ2n) is 3.48. The van der Waals surface area contributed by atoms with Crippen LogP contribution in [0.25, 0.3) is 0 Å². The molecular weight excluding hydrogens is 216 g/mol. The van der Waals surface area contributed by atoms with Gasteiger partial charge in [-0.15, -0.1) is 0 Å². The molecule has 0 aliphatic rings. The molecular formula is C12H16N4O. The van der Waals surface area contributed by atoms with Gasteiger partial charge in [0.05, 0.1) is 6.42 Å². The fourth-order valence-electron chi connectivity index (χ4n) is 1.29. The van der Waals surface area contributed by atoms with Crippen LogP contribution in [0.5, 0.6) is 0 Å². The lowest BCUT2D eigenvalue weighted by Crippen LogP contribution is -2.28. The quantitative estimate of drug-likeness (QED) is 0.439. The van der Waals surface area contributed by atoms with Crippen molar-refractivity contribution in [2.24, 2.45) is 11.5 Å². The highest BCUT2D eigenvalue weighted by Crippen LogP contribution is 2.06. The minimum Gasteiger partial charge on any atom is -0.405 e. The molecule has 1 rings (SSSR count). The van der Waals surface area contributed by atoms with Gasteiger partial charge in [0.2, 0.25) is 5.91 Å². The maximum atomic E-state index is 11.6. The molecule has 0 saturated heterocycles. The van der Waals surface area contributed by atoms with Gasteiger partial charge in [-0.3, -0.25) is 4.79 Å². The lowest BCUT2D eigenvalue weighted by atomic mass is 10.1. The van der Waals surface area contributed by atoms with E-state index in [2.05, 4.69) is 5.32 Å². The first-order valence-corrected chi connectivity index (χ1v) is 5.10. The van der Waals surface area contributed by atoms with Crippen molar-refractivity contribution in [2.45, 2.75) is 6.42 Å². The normalized spacial score (nSPS) is 11.6. The monoisotopic (exact) mass is 232 g/mol. The molecule has 5 nitrogen and oxygen atoms in total. The summed E-state index contributed by atoms with van der Waals surface area (Å²) in [5, 5.41) is 2.53. The lowest BCUT2D eigenvalue weighted by molar-refractivity contribution is -0.119. The third-order valence-electron chi connectivity index (χ3n) is 1.99. The SMILES string of the molecule is N/C=C\C=C(/N)NC(=O)Cc1cccc(N)c1. The molecule has 17 heavy (non-hydrogen) atoms. The van der Waals surface area contributed by atoms with Crippen molar-refractivity contribution in [3.63, 3.8) is 0 Å². The minimum absolute atomic E-state index is 0.199. The number of rotatable bonds is 4. The van der Waals surface area contributed by atoms with Crippen LogP contribution in [-0.4, -0.2) is 5.91 Å². The molecule has 0 unspecified atom stereocenters. The summed E-state index contributed by atoms with van der Waals surface area (Å²) in [7, 11) is 0. The molecule has 0 saturated carbocycles. The summed E-state index contributed by atoms with van der Waals surface area (Å²) in [6.07, 6.45) is 4.61. The number of carbonyl (C=O) groups is 1. The van der Waals surface area contributed by atoms with Crippen LogP contribution in [0.4, 0.5) is 5.69 Å². The Bertz CT molecular complexity index is 452. The van der Waals surface area contributed by atoms with E-state index < -0.39 is 0 Å². The molecule has 5 heteroatoms. The smallest absolute Gasteiger partial charge is 0.229 e. The zero-order valence-electron chi connectivity index (χ0n) is 9.39. The van der Waals surface area contributed by atoms with Gasteiger partial charge in [0.15, 0.2) is 0 Å². The van der Waals surface area contributed by atoms with E-state index in [-0.39, 0.29) is 18.1 Å². The van der Waals surface area contributed by atoms with E-state index in [1.54, 1.807) is 18.2 Å². The molecule has 0 aliphatic carbocycles. The van der Waals surface area contributed by atoms with Crippen molar-refractivity contribution in [2.75, 3.05) is 5.73 Å². The number of allylic oxidation sites excluding steroid dienone is 2. The Morgan fingerprint density at radius 3 is 2.82 bits per heavy atom. The third kappa shape index (κ3) is 4.74. The van der Waals surface area contributed by atoms with Crippen molar-refractivity contribution in [1.82, 2.24) is 5.32 Å². The molecule has 0 atom stereocenters. The van der Waals surface area contributed by atoms with E-state index in [1.807, 2.05) is 6.07 Å². The molecule has 1 aromatic carbocycles. The van der Waals surface area contributed by atoms with Gasteiger partial charge in [-0.05, 0) is 36.0 Å². The second-order valence-corrected chi connectivity index (χ2v) is 3.48. The van der Waals surface area contributed by atoms with Gasteiger partial charge >= 0.3 is 0 Å². The molecule has 0 aliphatic heterocycles. The Labute approximate surface area is 100.0 Å². The van der Waals surface area contributed by atoms with Crippen LogP contribution < -0.4 is 22.5 Å². The largest absolute Gasteiger partial charge is 0.405 e. The van der Waals surface area contributed by atoms with Crippen molar-refractivity contribution in [3.05, 3.63) is 54.0 Å². The molecule has 0 aromatic heterocycles. The lowest BCUT2D eigenvalue weighted by Gasteiger charge is -2.05. The Balaban J connectivity index is 2.56. The molecule has 90 valence electrons. The maximum absolute atomic E-state index is 11.6. The number of anilines is 1. The molecule has 0 spiro atoms. The van der Waals surface area contributed by atoms with Crippen LogP contribution >= 0.6 is 0 Å². The van der Waals surface area contributed by atoms with Gasteiger partial charge in [-0.2, -0.15) is 0 Å². The predicted molar refractivity (Wildman–Crippen MR) is 68.3 cm³/mol. The van der Waals surface area contributed by atoms with Gasteiger partial charge in [-0.1, -0.05) is 12.1 Å². The Kier molecular flexibility index (Phi) is 4.62. The summed E-state index contributed by atoms with van der Waals surface area (Å²) in [6, 6.07) is 7.14. The summed E-state index contributed by atoms with van der Waals surface area (Å²) in [5.74, 6) is 0.0513. The average Bonchev–Trinajstić information content (AvgIpc) is 2.26. The number of hydrogen-bond acceptors (Lipinski definition) is 4. The zero-order valence-corrected chi connectivity index (χ0v) is 9.39. The first kappa shape index (κ1) is 12.6. The molecule has 7 N–H and O–H groups in total. The highest BCUT2D eigenvalue weighted by atomic mass is 16.1. The standard InChI is InChI=1S/C12H16N4O/c13-6-2-5-11(15)16-12(17)8-9-3-1-4-10(14)7-9/h1-7H,8,13-15H2,(H,16,17)/b6-2-,11-5+. The summed E-state index contributed by atoms with van der Waals surface area (Å²) < 4.78 is 0. The fourth-order valence-corrected chi connectivity index (χ4v) is 1.29. The van der Waals surface area contributed by atoms with E-state index >= 15 is 0 Å². The number of benzene rings is 1. The molecule has 0 fully saturated rings. The number of nitrogens with one attached hydrogen (secondary N) is 1. The number of carbonyl (C=O) groups excluding carboxylic acids is 1. The van der Waals surface area contributed by atoms with E-state index in [1.165, 1.54) is 18.4 Å². The predicted octanol–water partition coefficient (Wildman–Crippen LogP) is 0.200. The zero-order chi connectivity index (χ0) is 12.7. The summed E-state index contributed by atoms with van der Waals surface area (Å²) in [5.41, 5.74) is 17.8. The topological polar surface area (TPSA) is 107 Å². The number of nitrogens with two attached hydrogens (primary N) is 3. The van der Waals surface area contributed by atoms with Crippen LogP contribution in [0.2, 0.25) is 0 Å². The summed E-state index contributed by atoms with van der Waals surface area (Å²) in [4.78, 5) is 11.6. The van der Waals surface area contributed by atoms with Crippen LogP contribution in [-0.2, 0) is 11.2 Å². The van der Waals surface area contributed by atoms with Crippen molar-refractivity contribution in [1.29, 1.82) is 0 Å². The van der Waals surface area contributed by atoms with Gasteiger partial charge < -0.3 is 22.5 Å². The second kappa shape index (κ2) is 6.22. The Morgan fingerprint density at radius 1 is 1.41 bits per heavy atom. The van der Waals surface area contributed by atoms with E-state index in [9.17, 15) is 4.79 Å². The van der Waals surface area contributed by atoms with Gasteiger partial charge in [0.25, 0.3) is 0 Å². The summed E-state index contributed by atoms with van der Waals surface area (Å²) >= 11 is 0. The van der Waals surface area contributed by atoms with E-state index in [4.69, 9.17) is 17.2 Å². The molecule has 1 amide bonds. The van der Waals surface area contributed by atoms with Gasteiger partial charge in [0, 0.05) is 5.69 Å².